The Morgan fingerprint density at radius 1 is 1.26 bits per heavy atom. The summed E-state index contributed by atoms with van der Waals surface area (Å²) in [4.78, 5) is 13.3. The molecular weight excluding hydrogens is 242 g/mol. The van der Waals surface area contributed by atoms with Crippen molar-refractivity contribution in [3.05, 3.63) is 28.8 Å². The monoisotopic (exact) mass is 265 g/mol. The standard InChI is InChI=1S/C15H23NO3/c1-6-19-14(17)10-16(4)9-13-7-11(2)15(18-5)12(3)8-13/h7-8H,6,9-10H2,1-5H3. The predicted molar refractivity (Wildman–Crippen MR) is 75.4 cm³/mol. The zero-order valence-electron chi connectivity index (χ0n) is 12.4. The van der Waals surface area contributed by atoms with Gasteiger partial charge in [-0.3, -0.25) is 9.69 Å². The van der Waals surface area contributed by atoms with Crippen LogP contribution in [0, 0.1) is 13.8 Å². The van der Waals surface area contributed by atoms with E-state index in [1.165, 1.54) is 5.56 Å². The quantitative estimate of drug-likeness (QED) is 0.740. The van der Waals surface area contributed by atoms with Crippen molar-refractivity contribution in [2.24, 2.45) is 0 Å². The summed E-state index contributed by atoms with van der Waals surface area (Å²) in [6.07, 6.45) is 0. The number of hydrogen-bond donors (Lipinski definition) is 0. The Morgan fingerprint density at radius 3 is 2.32 bits per heavy atom. The Kier molecular flexibility index (Phi) is 5.83. The fraction of sp³-hybridized carbons (Fsp3) is 0.533. The van der Waals surface area contributed by atoms with E-state index >= 15 is 0 Å². The van der Waals surface area contributed by atoms with E-state index in [0.717, 1.165) is 16.9 Å². The summed E-state index contributed by atoms with van der Waals surface area (Å²) in [6, 6.07) is 4.18. The number of carbonyl (C=O) groups is 1. The van der Waals surface area contributed by atoms with E-state index in [0.29, 0.717) is 19.7 Å². The normalized spacial score (nSPS) is 10.6. The molecule has 0 fully saturated rings. The average molecular weight is 265 g/mol. The first-order chi connectivity index (χ1) is 8.97. The highest BCUT2D eigenvalue weighted by Gasteiger charge is 2.10. The molecule has 1 rings (SSSR count). The molecule has 0 bridgehead atoms. The molecule has 4 nitrogen and oxygen atoms in total. The Hall–Kier alpha value is -1.55. The number of ether oxygens (including phenoxy) is 2. The fourth-order valence-electron chi connectivity index (χ4n) is 2.25. The van der Waals surface area contributed by atoms with Crippen LogP contribution in [0.5, 0.6) is 5.75 Å². The van der Waals surface area contributed by atoms with Crippen molar-refractivity contribution in [2.75, 3.05) is 27.3 Å². The van der Waals surface area contributed by atoms with E-state index in [1.807, 2.05) is 32.7 Å². The Morgan fingerprint density at radius 2 is 1.84 bits per heavy atom. The minimum absolute atomic E-state index is 0.188. The molecule has 0 aromatic heterocycles. The van der Waals surface area contributed by atoms with E-state index in [1.54, 1.807) is 7.11 Å². The van der Waals surface area contributed by atoms with Crippen LogP contribution in [-0.2, 0) is 16.1 Å². The molecule has 0 aliphatic carbocycles. The number of likely N-dealkylation sites (N-methyl/N-ethyl adjacent to an activating group) is 1. The van der Waals surface area contributed by atoms with Crippen LogP contribution >= 0.6 is 0 Å². The van der Waals surface area contributed by atoms with Gasteiger partial charge in [-0.15, -0.1) is 0 Å². The van der Waals surface area contributed by atoms with E-state index in [4.69, 9.17) is 9.47 Å². The third-order valence-electron chi connectivity index (χ3n) is 2.88. The second-order valence-electron chi connectivity index (χ2n) is 4.74. The minimum Gasteiger partial charge on any atom is -0.496 e. The maximum absolute atomic E-state index is 11.4. The molecule has 1 aromatic carbocycles. The van der Waals surface area contributed by atoms with Gasteiger partial charge in [-0.1, -0.05) is 12.1 Å². The van der Waals surface area contributed by atoms with Gasteiger partial charge < -0.3 is 9.47 Å². The van der Waals surface area contributed by atoms with E-state index in [9.17, 15) is 4.79 Å². The van der Waals surface area contributed by atoms with Gasteiger partial charge in [0, 0.05) is 6.54 Å². The summed E-state index contributed by atoms with van der Waals surface area (Å²) in [5.74, 6) is 0.740. The van der Waals surface area contributed by atoms with Gasteiger partial charge in [0.15, 0.2) is 0 Å². The largest absolute Gasteiger partial charge is 0.496 e. The number of nitrogens with zero attached hydrogens (tertiary/aromatic N) is 1. The molecule has 19 heavy (non-hydrogen) atoms. The lowest BCUT2D eigenvalue weighted by atomic mass is 10.1. The highest BCUT2D eigenvalue weighted by molar-refractivity contribution is 5.71. The molecule has 0 N–H and O–H groups in total. The average Bonchev–Trinajstić information content (AvgIpc) is 2.28. The van der Waals surface area contributed by atoms with Crippen molar-refractivity contribution in [1.29, 1.82) is 0 Å². The number of benzene rings is 1. The maximum Gasteiger partial charge on any atom is 0.320 e. The highest BCUT2D eigenvalue weighted by atomic mass is 16.5. The van der Waals surface area contributed by atoms with Gasteiger partial charge in [0.2, 0.25) is 0 Å². The smallest absolute Gasteiger partial charge is 0.320 e. The molecule has 0 aliphatic heterocycles. The Bertz CT molecular complexity index is 420. The molecular formula is C15H23NO3. The first-order valence-corrected chi connectivity index (χ1v) is 6.46. The minimum atomic E-state index is -0.188. The summed E-state index contributed by atoms with van der Waals surface area (Å²) in [6.45, 7) is 7.31. The van der Waals surface area contributed by atoms with Gasteiger partial charge in [-0.25, -0.2) is 0 Å². The zero-order chi connectivity index (χ0) is 14.4. The molecule has 106 valence electrons. The second kappa shape index (κ2) is 7.14. The van der Waals surface area contributed by atoms with Crippen LogP contribution in [0.4, 0.5) is 0 Å². The van der Waals surface area contributed by atoms with Gasteiger partial charge in [0.25, 0.3) is 0 Å². The maximum atomic E-state index is 11.4. The van der Waals surface area contributed by atoms with Crippen molar-refractivity contribution >= 4 is 5.97 Å². The molecule has 0 aliphatic rings. The summed E-state index contributed by atoms with van der Waals surface area (Å²) in [5, 5.41) is 0. The second-order valence-corrected chi connectivity index (χ2v) is 4.74. The lowest BCUT2D eigenvalue weighted by Gasteiger charge is -2.17. The molecule has 0 amide bonds. The first-order valence-electron chi connectivity index (χ1n) is 6.46. The summed E-state index contributed by atoms with van der Waals surface area (Å²) in [5.41, 5.74) is 3.40. The Balaban J connectivity index is 2.69. The van der Waals surface area contributed by atoms with Gasteiger partial charge in [0.05, 0.1) is 20.3 Å². The van der Waals surface area contributed by atoms with Crippen LogP contribution in [0.3, 0.4) is 0 Å². The molecule has 1 aromatic rings. The summed E-state index contributed by atoms with van der Waals surface area (Å²) >= 11 is 0. The SMILES string of the molecule is CCOC(=O)CN(C)Cc1cc(C)c(OC)c(C)c1. The molecule has 0 saturated heterocycles. The van der Waals surface area contributed by atoms with Crippen LogP contribution < -0.4 is 4.74 Å². The number of methoxy groups -OCH3 is 1. The summed E-state index contributed by atoms with van der Waals surface area (Å²) < 4.78 is 10.3. The van der Waals surface area contributed by atoms with Crippen molar-refractivity contribution in [1.82, 2.24) is 4.90 Å². The van der Waals surface area contributed by atoms with Gasteiger partial charge >= 0.3 is 5.97 Å². The molecule has 0 spiro atoms. The van der Waals surface area contributed by atoms with Crippen molar-refractivity contribution in [3.8, 4) is 5.75 Å². The molecule has 0 saturated carbocycles. The first kappa shape index (κ1) is 15.5. The number of carbonyl (C=O) groups excluding carboxylic acids is 1. The van der Waals surface area contributed by atoms with Crippen LogP contribution in [-0.4, -0.2) is 38.2 Å². The predicted octanol–water partition coefficient (Wildman–Crippen LogP) is 2.31. The summed E-state index contributed by atoms with van der Waals surface area (Å²) in [7, 11) is 3.59. The number of rotatable bonds is 6. The highest BCUT2D eigenvalue weighted by Crippen LogP contribution is 2.24. The van der Waals surface area contributed by atoms with E-state index in [-0.39, 0.29) is 5.97 Å². The van der Waals surface area contributed by atoms with Crippen LogP contribution in [0.1, 0.15) is 23.6 Å². The van der Waals surface area contributed by atoms with Crippen LogP contribution in [0.2, 0.25) is 0 Å². The van der Waals surface area contributed by atoms with Gasteiger partial charge in [-0.2, -0.15) is 0 Å². The van der Waals surface area contributed by atoms with Gasteiger partial charge in [-0.05, 0) is 44.5 Å². The third kappa shape index (κ3) is 4.56. The Labute approximate surface area is 115 Å². The fourth-order valence-corrected chi connectivity index (χ4v) is 2.25. The number of aryl methyl sites for hydroxylation is 2. The third-order valence-corrected chi connectivity index (χ3v) is 2.88. The lowest BCUT2D eigenvalue weighted by Crippen LogP contribution is -2.27. The zero-order valence-corrected chi connectivity index (χ0v) is 12.4. The molecule has 0 radical (unpaired) electrons. The van der Waals surface area contributed by atoms with Gasteiger partial charge in [0.1, 0.15) is 5.75 Å². The van der Waals surface area contributed by atoms with E-state index in [2.05, 4.69) is 12.1 Å². The topological polar surface area (TPSA) is 38.8 Å². The number of hydrogen-bond acceptors (Lipinski definition) is 4. The number of esters is 1. The molecule has 4 heteroatoms. The molecule has 0 atom stereocenters. The van der Waals surface area contributed by atoms with Crippen LogP contribution in [0.15, 0.2) is 12.1 Å². The van der Waals surface area contributed by atoms with Crippen LogP contribution in [0.25, 0.3) is 0 Å². The van der Waals surface area contributed by atoms with Crippen molar-refractivity contribution in [3.63, 3.8) is 0 Å². The molecule has 0 heterocycles. The molecule has 0 unspecified atom stereocenters. The lowest BCUT2D eigenvalue weighted by molar-refractivity contribution is -0.144. The van der Waals surface area contributed by atoms with Crippen molar-refractivity contribution in [2.45, 2.75) is 27.3 Å². The van der Waals surface area contributed by atoms with Crippen molar-refractivity contribution < 1.29 is 14.3 Å². The van der Waals surface area contributed by atoms with E-state index < -0.39 is 0 Å².